The van der Waals surface area contributed by atoms with Crippen molar-refractivity contribution >= 4 is 11.9 Å². The van der Waals surface area contributed by atoms with Crippen LogP contribution in [0.5, 0.6) is 0 Å². The van der Waals surface area contributed by atoms with E-state index in [0.29, 0.717) is 0 Å². The molecule has 1 aliphatic carbocycles. The van der Waals surface area contributed by atoms with Crippen molar-refractivity contribution in [1.29, 1.82) is 0 Å². The van der Waals surface area contributed by atoms with Crippen LogP contribution < -0.4 is 10.6 Å². The van der Waals surface area contributed by atoms with Gasteiger partial charge in [-0.15, -0.1) is 0 Å². The summed E-state index contributed by atoms with van der Waals surface area (Å²) in [6, 6.07) is -0.649. The summed E-state index contributed by atoms with van der Waals surface area (Å²) in [4.78, 5) is 25.4. The summed E-state index contributed by atoms with van der Waals surface area (Å²) in [5.74, 6) is 1.41. The van der Waals surface area contributed by atoms with Crippen molar-refractivity contribution in [3.05, 3.63) is 0 Å². The SMILES string of the molecule is CNC(=O)NC(=O)[C@H](C)N1CC[C@@H]2CCCC[C@H]2C1. The number of carbonyl (C=O) groups excluding carboxylic acids is 2. The third-order valence-electron chi connectivity index (χ3n) is 4.71. The molecule has 2 rings (SSSR count). The van der Waals surface area contributed by atoms with Crippen LogP contribution in [0, 0.1) is 11.8 Å². The van der Waals surface area contributed by atoms with Crippen LogP contribution in [0.15, 0.2) is 0 Å². The number of likely N-dealkylation sites (tertiary alicyclic amines) is 1. The Balaban J connectivity index is 1.87. The highest BCUT2D eigenvalue weighted by molar-refractivity contribution is 5.96. The highest BCUT2D eigenvalue weighted by Gasteiger charge is 2.34. The molecule has 2 N–H and O–H groups in total. The second kappa shape index (κ2) is 6.37. The predicted molar refractivity (Wildman–Crippen MR) is 73.7 cm³/mol. The maximum absolute atomic E-state index is 12.0. The van der Waals surface area contributed by atoms with E-state index in [1.54, 1.807) is 0 Å². The lowest BCUT2D eigenvalue weighted by molar-refractivity contribution is -0.126. The minimum Gasteiger partial charge on any atom is -0.341 e. The van der Waals surface area contributed by atoms with Crippen LogP contribution in [-0.2, 0) is 4.79 Å². The minimum atomic E-state index is -0.426. The molecule has 1 aliphatic heterocycles. The van der Waals surface area contributed by atoms with Gasteiger partial charge < -0.3 is 5.32 Å². The average Bonchev–Trinajstić information content (AvgIpc) is 2.45. The van der Waals surface area contributed by atoms with Gasteiger partial charge in [-0.3, -0.25) is 15.0 Å². The standard InChI is InChI=1S/C14H25N3O2/c1-10(13(18)16-14(19)15-2)17-8-7-11-5-3-4-6-12(11)9-17/h10-12H,3-9H2,1-2H3,(H2,15,16,18,19)/t10-,11-,12-/m0/s1. The highest BCUT2D eigenvalue weighted by atomic mass is 16.2. The number of carbonyl (C=O) groups is 2. The van der Waals surface area contributed by atoms with Crippen molar-refractivity contribution in [2.75, 3.05) is 20.1 Å². The van der Waals surface area contributed by atoms with Crippen molar-refractivity contribution in [2.45, 2.75) is 45.1 Å². The largest absolute Gasteiger partial charge is 0.341 e. The van der Waals surface area contributed by atoms with E-state index in [1.807, 2.05) is 6.92 Å². The van der Waals surface area contributed by atoms with Crippen LogP contribution in [-0.4, -0.2) is 43.0 Å². The van der Waals surface area contributed by atoms with Crippen molar-refractivity contribution in [3.8, 4) is 0 Å². The van der Waals surface area contributed by atoms with E-state index in [0.717, 1.165) is 24.9 Å². The fourth-order valence-electron chi connectivity index (χ4n) is 3.43. The Morgan fingerprint density at radius 3 is 2.53 bits per heavy atom. The molecule has 0 unspecified atom stereocenters. The Bertz CT molecular complexity index is 346. The van der Waals surface area contributed by atoms with E-state index in [9.17, 15) is 9.59 Å². The molecule has 108 valence electrons. The minimum absolute atomic E-state index is 0.200. The van der Waals surface area contributed by atoms with Crippen LogP contribution in [0.4, 0.5) is 4.79 Å². The van der Waals surface area contributed by atoms with Gasteiger partial charge in [-0.25, -0.2) is 4.79 Å². The number of urea groups is 1. The first-order valence-electron chi connectivity index (χ1n) is 7.38. The molecular weight excluding hydrogens is 242 g/mol. The van der Waals surface area contributed by atoms with Gasteiger partial charge in [0.15, 0.2) is 0 Å². The van der Waals surface area contributed by atoms with Crippen molar-refractivity contribution in [1.82, 2.24) is 15.5 Å². The molecule has 5 heteroatoms. The first-order valence-corrected chi connectivity index (χ1v) is 7.38. The number of nitrogens with zero attached hydrogens (tertiary/aromatic N) is 1. The molecule has 3 atom stereocenters. The van der Waals surface area contributed by atoms with Gasteiger partial charge >= 0.3 is 6.03 Å². The number of piperidine rings is 1. The highest BCUT2D eigenvalue weighted by Crippen LogP contribution is 2.36. The van der Waals surface area contributed by atoms with Gasteiger partial charge in [-0.2, -0.15) is 0 Å². The van der Waals surface area contributed by atoms with Gasteiger partial charge in [0.1, 0.15) is 0 Å². The zero-order chi connectivity index (χ0) is 13.8. The average molecular weight is 267 g/mol. The summed E-state index contributed by atoms with van der Waals surface area (Å²) in [6.07, 6.45) is 6.55. The molecule has 0 bridgehead atoms. The Kier molecular flexibility index (Phi) is 4.80. The van der Waals surface area contributed by atoms with E-state index in [-0.39, 0.29) is 11.9 Å². The molecule has 1 saturated heterocycles. The number of hydrogen-bond acceptors (Lipinski definition) is 3. The maximum Gasteiger partial charge on any atom is 0.321 e. The van der Waals surface area contributed by atoms with E-state index < -0.39 is 6.03 Å². The molecule has 2 aliphatic rings. The molecule has 2 fully saturated rings. The van der Waals surface area contributed by atoms with Crippen LogP contribution in [0.1, 0.15) is 39.0 Å². The summed E-state index contributed by atoms with van der Waals surface area (Å²) in [5, 5.41) is 4.78. The summed E-state index contributed by atoms with van der Waals surface area (Å²) in [6.45, 7) is 3.87. The Labute approximate surface area is 115 Å². The number of nitrogens with one attached hydrogen (secondary N) is 2. The molecule has 1 saturated carbocycles. The van der Waals surface area contributed by atoms with E-state index in [1.165, 1.54) is 39.2 Å². The molecule has 0 aromatic rings. The predicted octanol–water partition coefficient (Wildman–Crippen LogP) is 1.34. The molecular formula is C14H25N3O2. The molecule has 5 nitrogen and oxygen atoms in total. The summed E-state index contributed by atoms with van der Waals surface area (Å²) in [7, 11) is 1.51. The zero-order valence-electron chi connectivity index (χ0n) is 11.9. The second-order valence-electron chi connectivity index (χ2n) is 5.83. The van der Waals surface area contributed by atoms with E-state index in [2.05, 4.69) is 15.5 Å². The fourth-order valence-corrected chi connectivity index (χ4v) is 3.43. The monoisotopic (exact) mass is 267 g/mol. The Morgan fingerprint density at radius 2 is 1.84 bits per heavy atom. The van der Waals surface area contributed by atoms with Crippen molar-refractivity contribution in [2.24, 2.45) is 11.8 Å². The van der Waals surface area contributed by atoms with Gasteiger partial charge in [0.25, 0.3) is 0 Å². The molecule has 3 amide bonds. The maximum atomic E-state index is 12.0. The van der Waals surface area contributed by atoms with Crippen LogP contribution in [0.25, 0.3) is 0 Å². The van der Waals surface area contributed by atoms with Gasteiger partial charge in [0, 0.05) is 13.6 Å². The quantitative estimate of drug-likeness (QED) is 0.794. The zero-order valence-corrected chi connectivity index (χ0v) is 11.9. The van der Waals surface area contributed by atoms with Gasteiger partial charge in [-0.1, -0.05) is 19.3 Å². The van der Waals surface area contributed by atoms with E-state index >= 15 is 0 Å². The molecule has 0 radical (unpaired) electrons. The number of fused-ring (bicyclic) bond motifs is 1. The van der Waals surface area contributed by atoms with Gasteiger partial charge in [0.05, 0.1) is 6.04 Å². The molecule has 0 spiro atoms. The molecule has 0 aromatic heterocycles. The van der Waals surface area contributed by atoms with Crippen LogP contribution in [0.3, 0.4) is 0 Å². The Morgan fingerprint density at radius 1 is 1.16 bits per heavy atom. The summed E-state index contributed by atoms with van der Waals surface area (Å²) < 4.78 is 0. The third-order valence-corrected chi connectivity index (χ3v) is 4.71. The van der Waals surface area contributed by atoms with Crippen molar-refractivity contribution in [3.63, 3.8) is 0 Å². The number of rotatable bonds is 2. The van der Waals surface area contributed by atoms with Crippen LogP contribution in [0.2, 0.25) is 0 Å². The number of hydrogen-bond donors (Lipinski definition) is 2. The normalized spacial score (nSPS) is 29.2. The smallest absolute Gasteiger partial charge is 0.321 e. The first kappa shape index (κ1) is 14.3. The number of amides is 3. The summed E-state index contributed by atoms with van der Waals surface area (Å²) in [5.41, 5.74) is 0. The topological polar surface area (TPSA) is 61.4 Å². The first-order chi connectivity index (χ1) is 9.11. The van der Waals surface area contributed by atoms with Crippen molar-refractivity contribution < 1.29 is 9.59 Å². The fraction of sp³-hybridized carbons (Fsp3) is 0.857. The van der Waals surface area contributed by atoms with Gasteiger partial charge in [0.2, 0.25) is 5.91 Å². The van der Waals surface area contributed by atoms with Crippen LogP contribution >= 0.6 is 0 Å². The molecule has 19 heavy (non-hydrogen) atoms. The van der Waals surface area contributed by atoms with Gasteiger partial charge in [-0.05, 0) is 38.1 Å². The molecule has 1 heterocycles. The lowest BCUT2D eigenvalue weighted by Gasteiger charge is -2.43. The lowest BCUT2D eigenvalue weighted by Crippen LogP contribution is -2.53. The third kappa shape index (κ3) is 3.47. The molecule has 0 aromatic carbocycles. The number of imide groups is 1. The summed E-state index contributed by atoms with van der Waals surface area (Å²) >= 11 is 0. The second-order valence-corrected chi connectivity index (χ2v) is 5.83. The van der Waals surface area contributed by atoms with E-state index in [4.69, 9.17) is 0 Å². The Hall–Kier alpha value is -1.10. The lowest BCUT2D eigenvalue weighted by atomic mass is 9.75.